The second-order valence-corrected chi connectivity index (χ2v) is 7.18. The van der Waals surface area contributed by atoms with Gasteiger partial charge in [-0.25, -0.2) is 0 Å². The Labute approximate surface area is 197 Å². The number of nitrogens with one attached hydrogen (secondary N) is 1. The lowest BCUT2D eigenvalue weighted by Crippen LogP contribution is -2.52. The van der Waals surface area contributed by atoms with Gasteiger partial charge in [-0.05, 0) is 49.6 Å². The predicted octanol–water partition coefficient (Wildman–Crippen LogP) is 3.74. The number of anilines is 1. The van der Waals surface area contributed by atoms with Gasteiger partial charge in [-0.15, -0.1) is 24.0 Å². The molecule has 2 N–H and O–H groups in total. The average Bonchev–Trinajstić information content (AvgIpc) is 2.77. The largest absolute Gasteiger partial charge is 0.508 e. The number of phenolic OH excluding ortho intramolecular Hbond substituents is 1. The molecule has 1 aliphatic rings. The van der Waals surface area contributed by atoms with Gasteiger partial charge < -0.3 is 25.0 Å². The molecule has 164 valence electrons. The zero-order valence-electron chi connectivity index (χ0n) is 17.9. The summed E-state index contributed by atoms with van der Waals surface area (Å²) < 4.78 is 5.35. The number of rotatable bonds is 7. The number of guanidine groups is 1. The molecule has 0 aliphatic carbocycles. The van der Waals surface area contributed by atoms with Crippen molar-refractivity contribution in [1.29, 1.82) is 0 Å². The molecular formula is C23H33IN4O2. The summed E-state index contributed by atoms with van der Waals surface area (Å²) in [4.78, 5) is 9.58. The number of aromatic hydroxyl groups is 1. The fraction of sp³-hybridized carbons (Fsp3) is 0.435. The highest BCUT2D eigenvalue weighted by atomic mass is 127. The van der Waals surface area contributed by atoms with E-state index in [2.05, 4.69) is 34.2 Å². The Morgan fingerprint density at radius 2 is 1.83 bits per heavy atom. The zero-order chi connectivity index (χ0) is 20.5. The molecule has 1 fully saturated rings. The Bertz CT molecular complexity index is 790. The van der Waals surface area contributed by atoms with E-state index in [4.69, 9.17) is 9.73 Å². The van der Waals surface area contributed by atoms with E-state index in [0.717, 1.165) is 63.8 Å². The van der Waals surface area contributed by atoms with Gasteiger partial charge in [-0.3, -0.25) is 4.99 Å². The fourth-order valence-corrected chi connectivity index (χ4v) is 3.54. The van der Waals surface area contributed by atoms with Crippen LogP contribution in [0.2, 0.25) is 0 Å². The molecule has 2 aromatic carbocycles. The number of benzene rings is 2. The molecule has 1 aliphatic heterocycles. The summed E-state index contributed by atoms with van der Waals surface area (Å²) in [5.74, 6) is 2.21. The van der Waals surface area contributed by atoms with Crippen LogP contribution in [0.15, 0.2) is 53.5 Å². The van der Waals surface area contributed by atoms with Gasteiger partial charge in [0.2, 0.25) is 0 Å². The molecule has 0 aromatic heterocycles. The SMILES string of the molecule is CCNC(=NCCCc1ccc(O)cc1)N1CCN(c2cccc(OC)c2)CC1.I. The Hall–Kier alpha value is -2.16. The lowest BCUT2D eigenvalue weighted by atomic mass is 10.1. The Balaban J connectivity index is 0.00000320. The summed E-state index contributed by atoms with van der Waals surface area (Å²) >= 11 is 0. The molecule has 6 nitrogen and oxygen atoms in total. The minimum Gasteiger partial charge on any atom is -0.508 e. The Kier molecular flexibility index (Phi) is 10.1. The molecular weight excluding hydrogens is 491 g/mol. The van der Waals surface area contributed by atoms with E-state index >= 15 is 0 Å². The average molecular weight is 524 g/mol. The molecule has 2 aromatic rings. The molecule has 0 radical (unpaired) electrons. The number of aryl methyl sites for hydroxylation is 1. The number of hydrogen-bond donors (Lipinski definition) is 2. The topological polar surface area (TPSA) is 60.3 Å². The van der Waals surface area contributed by atoms with E-state index in [-0.39, 0.29) is 24.0 Å². The first kappa shape index (κ1) is 24.1. The number of ether oxygens (including phenoxy) is 1. The molecule has 0 unspecified atom stereocenters. The normalized spacial score (nSPS) is 14.3. The van der Waals surface area contributed by atoms with Crippen molar-refractivity contribution in [3.05, 3.63) is 54.1 Å². The highest BCUT2D eigenvalue weighted by Crippen LogP contribution is 2.22. The van der Waals surface area contributed by atoms with Crippen molar-refractivity contribution >= 4 is 35.6 Å². The maximum absolute atomic E-state index is 9.38. The molecule has 0 spiro atoms. The van der Waals surface area contributed by atoms with Crippen molar-refractivity contribution in [3.8, 4) is 11.5 Å². The number of phenols is 1. The molecule has 0 saturated carbocycles. The van der Waals surface area contributed by atoms with Crippen molar-refractivity contribution in [2.24, 2.45) is 4.99 Å². The van der Waals surface area contributed by atoms with Crippen LogP contribution in [0, 0.1) is 0 Å². The van der Waals surface area contributed by atoms with E-state index in [1.54, 1.807) is 19.2 Å². The van der Waals surface area contributed by atoms with Gasteiger partial charge in [0.15, 0.2) is 5.96 Å². The van der Waals surface area contributed by atoms with Crippen molar-refractivity contribution in [1.82, 2.24) is 10.2 Å². The van der Waals surface area contributed by atoms with Crippen molar-refractivity contribution in [2.75, 3.05) is 51.3 Å². The van der Waals surface area contributed by atoms with Gasteiger partial charge in [-0.1, -0.05) is 18.2 Å². The molecule has 7 heteroatoms. The standard InChI is InChI=1S/C23H32N4O2.HI/c1-3-24-23(25-13-5-6-19-9-11-21(28)12-10-19)27-16-14-26(15-17-27)20-7-4-8-22(18-20)29-2;/h4,7-12,18,28H,3,5-6,13-17H2,1-2H3,(H,24,25);1H. The lowest BCUT2D eigenvalue weighted by Gasteiger charge is -2.37. The van der Waals surface area contributed by atoms with Crippen LogP contribution in [-0.2, 0) is 6.42 Å². The van der Waals surface area contributed by atoms with Gasteiger partial charge in [0.05, 0.1) is 7.11 Å². The number of nitrogens with zero attached hydrogens (tertiary/aromatic N) is 3. The second-order valence-electron chi connectivity index (χ2n) is 7.18. The minimum atomic E-state index is 0. The van der Waals surface area contributed by atoms with Crippen molar-refractivity contribution in [3.63, 3.8) is 0 Å². The maximum Gasteiger partial charge on any atom is 0.194 e. The Morgan fingerprint density at radius 1 is 1.10 bits per heavy atom. The minimum absolute atomic E-state index is 0. The van der Waals surface area contributed by atoms with Gasteiger partial charge >= 0.3 is 0 Å². The fourth-order valence-electron chi connectivity index (χ4n) is 3.54. The van der Waals surface area contributed by atoms with Crippen LogP contribution >= 0.6 is 24.0 Å². The van der Waals surface area contributed by atoms with Crippen LogP contribution < -0.4 is 15.0 Å². The smallest absolute Gasteiger partial charge is 0.194 e. The monoisotopic (exact) mass is 524 g/mol. The van der Waals surface area contributed by atoms with E-state index in [1.165, 1.54) is 11.3 Å². The highest BCUT2D eigenvalue weighted by Gasteiger charge is 2.20. The number of halogens is 1. The molecule has 3 rings (SSSR count). The molecule has 0 bridgehead atoms. The van der Waals surface area contributed by atoms with Gasteiger partial charge in [-0.2, -0.15) is 0 Å². The van der Waals surface area contributed by atoms with Crippen molar-refractivity contribution in [2.45, 2.75) is 19.8 Å². The molecule has 0 atom stereocenters. The number of aliphatic imine (C=N–C) groups is 1. The Morgan fingerprint density at radius 3 is 2.50 bits per heavy atom. The summed E-state index contributed by atoms with van der Waals surface area (Å²) in [6.45, 7) is 7.59. The summed E-state index contributed by atoms with van der Waals surface area (Å²) in [5, 5.41) is 12.8. The number of piperazine rings is 1. The van der Waals surface area contributed by atoms with E-state index in [0.29, 0.717) is 5.75 Å². The first-order valence-electron chi connectivity index (χ1n) is 10.4. The first-order valence-corrected chi connectivity index (χ1v) is 10.4. The first-order chi connectivity index (χ1) is 14.2. The molecule has 1 heterocycles. The second kappa shape index (κ2) is 12.5. The van der Waals surface area contributed by atoms with E-state index < -0.39 is 0 Å². The molecule has 0 amide bonds. The maximum atomic E-state index is 9.38. The van der Waals surface area contributed by atoms with Crippen LogP contribution in [0.5, 0.6) is 11.5 Å². The third-order valence-electron chi connectivity index (χ3n) is 5.15. The van der Waals surface area contributed by atoms with Crippen LogP contribution in [0.4, 0.5) is 5.69 Å². The van der Waals surface area contributed by atoms with Crippen LogP contribution in [0.25, 0.3) is 0 Å². The third kappa shape index (κ3) is 6.97. The summed E-state index contributed by atoms with van der Waals surface area (Å²) in [5.41, 5.74) is 2.44. The third-order valence-corrected chi connectivity index (χ3v) is 5.15. The summed E-state index contributed by atoms with van der Waals surface area (Å²) in [7, 11) is 1.71. The van der Waals surface area contributed by atoms with E-state index in [1.807, 2.05) is 24.3 Å². The van der Waals surface area contributed by atoms with Gasteiger partial charge in [0.1, 0.15) is 11.5 Å². The zero-order valence-corrected chi connectivity index (χ0v) is 20.2. The number of hydrogen-bond acceptors (Lipinski definition) is 4. The quantitative estimate of drug-likeness (QED) is 0.250. The van der Waals surface area contributed by atoms with Gasteiger partial charge in [0, 0.05) is 51.0 Å². The molecule has 30 heavy (non-hydrogen) atoms. The molecule has 1 saturated heterocycles. The number of methoxy groups -OCH3 is 1. The van der Waals surface area contributed by atoms with Crippen LogP contribution in [0.3, 0.4) is 0 Å². The summed E-state index contributed by atoms with van der Waals surface area (Å²) in [6.07, 6.45) is 1.95. The van der Waals surface area contributed by atoms with Crippen LogP contribution in [0.1, 0.15) is 18.9 Å². The summed E-state index contributed by atoms with van der Waals surface area (Å²) in [6, 6.07) is 15.7. The predicted molar refractivity (Wildman–Crippen MR) is 135 cm³/mol. The van der Waals surface area contributed by atoms with Crippen LogP contribution in [-0.4, -0.2) is 62.3 Å². The highest BCUT2D eigenvalue weighted by molar-refractivity contribution is 14.0. The van der Waals surface area contributed by atoms with E-state index in [9.17, 15) is 5.11 Å². The lowest BCUT2D eigenvalue weighted by molar-refractivity contribution is 0.372. The van der Waals surface area contributed by atoms with Gasteiger partial charge in [0.25, 0.3) is 0 Å². The van der Waals surface area contributed by atoms with Crippen molar-refractivity contribution < 1.29 is 9.84 Å².